The number of ether oxygens (including phenoxy) is 1. The molecule has 1 atom stereocenters. The van der Waals surface area contributed by atoms with E-state index < -0.39 is 0 Å². The minimum Gasteiger partial charge on any atom is -0.495 e. The highest BCUT2D eigenvalue weighted by Crippen LogP contribution is 2.30. The number of amides is 1. The van der Waals surface area contributed by atoms with E-state index in [2.05, 4.69) is 29.5 Å². The molecule has 2 rings (SSSR count). The normalized spacial score (nSPS) is 17.8. The van der Waals surface area contributed by atoms with E-state index in [-0.39, 0.29) is 5.91 Å². The van der Waals surface area contributed by atoms with Crippen LogP contribution in [0.2, 0.25) is 0 Å². The third kappa shape index (κ3) is 4.37. The summed E-state index contributed by atoms with van der Waals surface area (Å²) in [7, 11) is 3.83. The molecule has 1 aliphatic rings. The number of rotatable bonds is 5. The number of hydrogen-bond donors (Lipinski definition) is 2. The lowest BCUT2D eigenvalue weighted by atomic mass is 9.90. The second-order valence-electron chi connectivity index (χ2n) is 6.17. The third-order valence-corrected chi connectivity index (χ3v) is 4.38. The van der Waals surface area contributed by atoms with Crippen LogP contribution in [0.25, 0.3) is 0 Å². The Morgan fingerprint density at radius 2 is 2.05 bits per heavy atom. The molecular weight excluding hydrogens is 278 g/mol. The standard InChI is InChI=1S/C17H27N3O2/c1-12(14-7-9-20(3)10-8-14)18-16-6-5-15(19-13(2)21)11-17(16)22-4/h5-6,11-12,14,18H,7-10H2,1-4H3,(H,19,21)/t12-/m0/s1. The van der Waals surface area contributed by atoms with Gasteiger partial charge in [-0.3, -0.25) is 4.79 Å². The Balaban J connectivity index is 2.03. The Morgan fingerprint density at radius 3 is 2.64 bits per heavy atom. The van der Waals surface area contributed by atoms with Crippen LogP contribution < -0.4 is 15.4 Å². The number of carbonyl (C=O) groups is 1. The predicted molar refractivity (Wildman–Crippen MR) is 90.6 cm³/mol. The third-order valence-electron chi connectivity index (χ3n) is 4.38. The summed E-state index contributed by atoms with van der Waals surface area (Å²) in [6.07, 6.45) is 2.44. The molecule has 2 N–H and O–H groups in total. The molecule has 22 heavy (non-hydrogen) atoms. The average molecular weight is 305 g/mol. The molecule has 0 aliphatic carbocycles. The highest BCUT2D eigenvalue weighted by atomic mass is 16.5. The smallest absolute Gasteiger partial charge is 0.221 e. The number of carbonyl (C=O) groups excluding carboxylic acids is 1. The lowest BCUT2D eigenvalue weighted by Crippen LogP contribution is -2.37. The number of hydrogen-bond acceptors (Lipinski definition) is 4. The van der Waals surface area contributed by atoms with Gasteiger partial charge in [-0.15, -0.1) is 0 Å². The zero-order valence-corrected chi connectivity index (χ0v) is 14.0. The lowest BCUT2D eigenvalue weighted by Gasteiger charge is -2.33. The molecule has 5 nitrogen and oxygen atoms in total. The van der Waals surface area contributed by atoms with Crippen molar-refractivity contribution in [1.82, 2.24) is 4.90 Å². The average Bonchev–Trinajstić information content (AvgIpc) is 2.48. The van der Waals surface area contributed by atoms with Crippen molar-refractivity contribution in [2.75, 3.05) is 37.9 Å². The fourth-order valence-corrected chi connectivity index (χ4v) is 2.98. The zero-order valence-electron chi connectivity index (χ0n) is 14.0. The fourth-order valence-electron chi connectivity index (χ4n) is 2.98. The van der Waals surface area contributed by atoms with Gasteiger partial charge in [0, 0.05) is 24.7 Å². The second-order valence-corrected chi connectivity index (χ2v) is 6.17. The van der Waals surface area contributed by atoms with Crippen molar-refractivity contribution in [3.63, 3.8) is 0 Å². The molecule has 1 saturated heterocycles. The van der Waals surface area contributed by atoms with E-state index in [1.807, 2.05) is 18.2 Å². The van der Waals surface area contributed by atoms with Crippen molar-refractivity contribution in [3.05, 3.63) is 18.2 Å². The number of methoxy groups -OCH3 is 1. The minimum absolute atomic E-state index is 0.0811. The van der Waals surface area contributed by atoms with Crippen LogP contribution in [0.1, 0.15) is 26.7 Å². The first-order valence-electron chi connectivity index (χ1n) is 7.90. The van der Waals surface area contributed by atoms with Gasteiger partial charge in [-0.1, -0.05) is 0 Å². The van der Waals surface area contributed by atoms with Crippen LogP contribution in [0.15, 0.2) is 18.2 Å². The van der Waals surface area contributed by atoms with Gasteiger partial charge < -0.3 is 20.3 Å². The molecule has 0 radical (unpaired) electrons. The fraction of sp³-hybridized carbons (Fsp3) is 0.588. The highest BCUT2D eigenvalue weighted by Gasteiger charge is 2.22. The Labute approximate surface area is 133 Å². The summed E-state index contributed by atoms with van der Waals surface area (Å²) >= 11 is 0. The highest BCUT2D eigenvalue weighted by molar-refractivity contribution is 5.89. The molecule has 1 aromatic rings. The zero-order chi connectivity index (χ0) is 16.1. The first-order valence-corrected chi connectivity index (χ1v) is 7.90. The number of nitrogens with zero attached hydrogens (tertiary/aromatic N) is 1. The molecule has 0 spiro atoms. The van der Waals surface area contributed by atoms with E-state index in [9.17, 15) is 4.79 Å². The summed E-state index contributed by atoms with van der Waals surface area (Å²) < 4.78 is 5.45. The van der Waals surface area contributed by atoms with Gasteiger partial charge in [0.15, 0.2) is 0 Å². The Kier molecular flexibility index (Phi) is 5.66. The summed E-state index contributed by atoms with van der Waals surface area (Å²) in [4.78, 5) is 13.5. The molecule has 122 valence electrons. The Morgan fingerprint density at radius 1 is 1.36 bits per heavy atom. The van der Waals surface area contributed by atoms with Crippen molar-refractivity contribution in [3.8, 4) is 5.75 Å². The van der Waals surface area contributed by atoms with Crippen molar-refractivity contribution in [2.24, 2.45) is 5.92 Å². The van der Waals surface area contributed by atoms with E-state index in [0.29, 0.717) is 12.0 Å². The van der Waals surface area contributed by atoms with Crippen molar-refractivity contribution in [2.45, 2.75) is 32.7 Å². The van der Waals surface area contributed by atoms with Crippen LogP contribution in [0.4, 0.5) is 11.4 Å². The molecule has 0 aromatic heterocycles. The maximum absolute atomic E-state index is 11.1. The van der Waals surface area contributed by atoms with Gasteiger partial charge in [-0.05, 0) is 58.0 Å². The number of likely N-dealkylation sites (tertiary alicyclic amines) is 1. The molecule has 1 aromatic carbocycles. The molecule has 1 heterocycles. The Hall–Kier alpha value is -1.75. The number of nitrogens with one attached hydrogen (secondary N) is 2. The summed E-state index contributed by atoms with van der Waals surface area (Å²) in [6, 6.07) is 6.11. The predicted octanol–water partition coefficient (Wildman–Crippen LogP) is 2.80. The lowest BCUT2D eigenvalue weighted by molar-refractivity contribution is -0.114. The first-order chi connectivity index (χ1) is 10.5. The Bertz CT molecular complexity index is 511. The van der Waals surface area contributed by atoms with Crippen LogP contribution >= 0.6 is 0 Å². The van der Waals surface area contributed by atoms with E-state index in [4.69, 9.17) is 4.74 Å². The van der Waals surface area contributed by atoms with Crippen LogP contribution in [0.3, 0.4) is 0 Å². The van der Waals surface area contributed by atoms with E-state index in [0.717, 1.165) is 30.2 Å². The molecule has 0 unspecified atom stereocenters. The summed E-state index contributed by atoms with van der Waals surface area (Å²) in [5.41, 5.74) is 1.73. The second kappa shape index (κ2) is 7.49. The van der Waals surface area contributed by atoms with Crippen molar-refractivity contribution in [1.29, 1.82) is 0 Å². The van der Waals surface area contributed by atoms with E-state index in [1.54, 1.807) is 7.11 Å². The number of piperidine rings is 1. The van der Waals surface area contributed by atoms with Crippen LogP contribution in [0, 0.1) is 5.92 Å². The summed E-state index contributed by atoms with van der Waals surface area (Å²) in [5.74, 6) is 1.35. The summed E-state index contributed by atoms with van der Waals surface area (Å²) in [5, 5.41) is 6.35. The SMILES string of the molecule is COc1cc(NC(C)=O)ccc1N[C@@H](C)C1CCN(C)CC1. The van der Waals surface area contributed by atoms with E-state index in [1.165, 1.54) is 19.8 Å². The van der Waals surface area contributed by atoms with Crippen molar-refractivity contribution < 1.29 is 9.53 Å². The van der Waals surface area contributed by atoms with Gasteiger partial charge in [0.05, 0.1) is 12.8 Å². The molecule has 5 heteroatoms. The largest absolute Gasteiger partial charge is 0.495 e. The quantitative estimate of drug-likeness (QED) is 0.878. The van der Waals surface area contributed by atoms with Crippen LogP contribution in [-0.4, -0.2) is 44.1 Å². The van der Waals surface area contributed by atoms with Crippen molar-refractivity contribution >= 4 is 17.3 Å². The van der Waals surface area contributed by atoms with Gasteiger partial charge in [0.2, 0.25) is 5.91 Å². The molecular formula is C17H27N3O2. The molecule has 1 fully saturated rings. The number of anilines is 2. The first kappa shape index (κ1) is 16.6. The maximum atomic E-state index is 11.1. The van der Waals surface area contributed by atoms with Gasteiger partial charge in [-0.2, -0.15) is 0 Å². The van der Waals surface area contributed by atoms with Gasteiger partial charge in [-0.25, -0.2) is 0 Å². The van der Waals surface area contributed by atoms with Gasteiger partial charge in [0.1, 0.15) is 5.75 Å². The molecule has 1 amide bonds. The number of benzene rings is 1. The van der Waals surface area contributed by atoms with Crippen LogP contribution in [-0.2, 0) is 4.79 Å². The molecule has 0 saturated carbocycles. The van der Waals surface area contributed by atoms with Crippen LogP contribution in [0.5, 0.6) is 5.75 Å². The van der Waals surface area contributed by atoms with E-state index >= 15 is 0 Å². The topological polar surface area (TPSA) is 53.6 Å². The monoisotopic (exact) mass is 305 g/mol. The van der Waals surface area contributed by atoms with Gasteiger partial charge in [0.25, 0.3) is 0 Å². The maximum Gasteiger partial charge on any atom is 0.221 e. The minimum atomic E-state index is -0.0811. The molecule has 1 aliphatic heterocycles. The summed E-state index contributed by atoms with van der Waals surface area (Å²) in [6.45, 7) is 6.06. The van der Waals surface area contributed by atoms with Gasteiger partial charge >= 0.3 is 0 Å². The molecule has 0 bridgehead atoms.